The van der Waals surface area contributed by atoms with Gasteiger partial charge >= 0.3 is 0 Å². The van der Waals surface area contributed by atoms with Gasteiger partial charge in [0.1, 0.15) is 34.6 Å². The van der Waals surface area contributed by atoms with Gasteiger partial charge in [-0.2, -0.15) is 0 Å². The van der Waals surface area contributed by atoms with Crippen molar-refractivity contribution in [3.05, 3.63) is 82.9 Å². The summed E-state index contributed by atoms with van der Waals surface area (Å²) in [4.78, 5) is 15.9. The van der Waals surface area contributed by atoms with Gasteiger partial charge in [0.15, 0.2) is 0 Å². The SMILES string of the molecule is OCC1CC(c2nc3c(cnc4[nH]cc(C(O)c5ccc(Oc6ccccc6)cc5Cl)c43)[nH]2)C1. The zero-order chi connectivity index (χ0) is 23.2. The Hall–Kier alpha value is -3.39. The normalized spacial score (nSPS) is 18.8. The van der Waals surface area contributed by atoms with Crippen LogP contribution in [0.4, 0.5) is 0 Å². The number of aromatic amines is 2. The van der Waals surface area contributed by atoms with Crippen molar-refractivity contribution >= 4 is 33.7 Å². The standard InChI is InChI=1S/C26H23ClN4O3/c27-20-10-17(34-16-4-2-1-3-5-16)6-7-18(20)24(33)19-11-28-26-22(19)23-21(12-29-26)30-25(31-23)15-8-14(9-15)13-32/h1-7,10-12,14-15,24,32-33H,8-9,13H2,(H,28,29)(H,30,31). The van der Waals surface area contributed by atoms with Crippen LogP contribution in [0.25, 0.3) is 22.1 Å². The number of aromatic nitrogens is 4. The fraction of sp³-hybridized carbons (Fsp3) is 0.231. The lowest BCUT2D eigenvalue weighted by atomic mass is 9.75. The number of ether oxygens (including phenoxy) is 1. The summed E-state index contributed by atoms with van der Waals surface area (Å²) in [5.74, 6) is 2.85. The van der Waals surface area contributed by atoms with Crippen molar-refractivity contribution in [3.8, 4) is 11.5 Å². The molecule has 1 saturated carbocycles. The van der Waals surface area contributed by atoms with Crippen molar-refractivity contribution in [2.24, 2.45) is 5.92 Å². The van der Waals surface area contributed by atoms with E-state index >= 15 is 0 Å². The smallest absolute Gasteiger partial charge is 0.139 e. The fourth-order valence-corrected chi connectivity index (χ4v) is 4.97. The van der Waals surface area contributed by atoms with E-state index in [1.54, 1.807) is 30.6 Å². The average molecular weight is 475 g/mol. The van der Waals surface area contributed by atoms with Crippen LogP contribution in [0.2, 0.25) is 5.02 Å². The second-order valence-corrected chi connectivity index (χ2v) is 9.24. The van der Waals surface area contributed by atoms with E-state index in [1.807, 2.05) is 30.3 Å². The van der Waals surface area contributed by atoms with Gasteiger partial charge in [0.05, 0.1) is 22.1 Å². The Labute approximate surface area is 200 Å². The van der Waals surface area contributed by atoms with Crippen LogP contribution in [0, 0.1) is 5.92 Å². The third-order valence-corrected chi connectivity index (χ3v) is 6.95. The van der Waals surface area contributed by atoms with Gasteiger partial charge in [-0.1, -0.05) is 35.9 Å². The van der Waals surface area contributed by atoms with Gasteiger partial charge in [-0.25, -0.2) is 9.97 Å². The lowest BCUT2D eigenvalue weighted by molar-refractivity contribution is 0.139. The number of nitrogens with zero attached hydrogens (tertiary/aromatic N) is 2. The van der Waals surface area contributed by atoms with Gasteiger partial charge in [0.2, 0.25) is 0 Å². The van der Waals surface area contributed by atoms with E-state index in [0.717, 1.165) is 35.1 Å². The van der Waals surface area contributed by atoms with Crippen LogP contribution in [0.5, 0.6) is 11.5 Å². The van der Waals surface area contributed by atoms with Crippen LogP contribution in [0.1, 0.15) is 41.8 Å². The Morgan fingerprint density at radius 1 is 1.09 bits per heavy atom. The molecular weight excluding hydrogens is 452 g/mol. The second-order valence-electron chi connectivity index (χ2n) is 8.83. The highest BCUT2D eigenvalue weighted by atomic mass is 35.5. The zero-order valence-electron chi connectivity index (χ0n) is 18.2. The Morgan fingerprint density at radius 3 is 2.68 bits per heavy atom. The maximum absolute atomic E-state index is 11.3. The molecule has 2 aromatic carbocycles. The highest BCUT2D eigenvalue weighted by Crippen LogP contribution is 2.42. The van der Waals surface area contributed by atoms with Crippen molar-refractivity contribution in [3.63, 3.8) is 0 Å². The first kappa shape index (κ1) is 21.2. The van der Waals surface area contributed by atoms with Crippen LogP contribution in [0.15, 0.2) is 60.9 Å². The molecule has 1 unspecified atom stereocenters. The summed E-state index contributed by atoms with van der Waals surface area (Å²) in [7, 11) is 0. The minimum atomic E-state index is -0.970. The largest absolute Gasteiger partial charge is 0.457 e. The molecule has 3 aromatic heterocycles. The number of para-hydroxylation sites is 1. The molecule has 1 fully saturated rings. The predicted molar refractivity (Wildman–Crippen MR) is 130 cm³/mol. The maximum atomic E-state index is 11.3. The number of hydrogen-bond donors (Lipinski definition) is 4. The maximum Gasteiger partial charge on any atom is 0.139 e. The van der Waals surface area contributed by atoms with Crippen LogP contribution in [0.3, 0.4) is 0 Å². The molecule has 0 spiro atoms. The molecule has 4 N–H and O–H groups in total. The highest BCUT2D eigenvalue weighted by Gasteiger charge is 2.32. The van der Waals surface area contributed by atoms with Crippen molar-refractivity contribution in [1.82, 2.24) is 19.9 Å². The molecule has 0 saturated heterocycles. The molecule has 0 aliphatic heterocycles. The van der Waals surface area contributed by atoms with E-state index in [9.17, 15) is 10.2 Å². The minimum Gasteiger partial charge on any atom is -0.457 e. The summed E-state index contributed by atoms with van der Waals surface area (Å²) >= 11 is 6.57. The van der Waals surface area contributed by atoms with E-state index < -0.39 is 6.10 Å². The van der Waals surface area contributed by atoms with Crippen LogP contribution >= 0.6 is 11.6 Å². The van der Waals surface area contributed by atoms with E-state index in [1.165, 1.54) is 0 Å². The Bertz CT molecular complexity index is 1470. The first-order valence-corrected chi connectivity index (χ1v) is 11.7. The number of aliphatic hydroxyl groups excluding tert-OH is 2. The quantitative estimate of drug-likeness (QED) is 0.261. The topological polar surface area (TPSA) is 107 Å². The van der Waals surface area contributed by atoms with Crippen LogP contribution in [-0.2, 0) is 0 Å². The molecule has 172 valence electrons. The van der Waals surface area contributed by atoms with Crippen LogP contribution < -0.4 is 4.74 Å². The summed E-state index contributed by atoms with van der Waals surface area (Å²) in [6.07, 6.45) is 4.38. The Balaban J connectivity index is 1.34. The Morgan fingerprint density at radius 2 is 1.91 bits per heavy atom. The Kier molecular flexibility index (Phi) is 5.25. The molecule has 3 heterocycles. The van der Waals surface area contributed by atoms with Crippen molar-refractivity contribution in [2.75, 3.05) is 6.61 Å². The number of H-pyrrole nitrogens is 2. The third-order valence-electron chi connectivity index (χ3n) is 6.62. The van der Waals surface area contributed by atoms with Crippen LogP contribution in [-0.4, -0.2) is 36.8 Å². The molecule has 1 aliphatic rings. The molecule has 5 aromatic rings. The predicted octanol–water partition coefficient (Wildman–Crippen LogP) is 5.45. The first-order chi connectivity index (χ1) is 16.6. The summed E-state index contributed by atoms with van der Waals surface area (Å²) in [6.45, 7) is 0.215. The minimum absolute atomic E-state index is 0.215. The van der Waals surface area contributed by atoms with Crippen molar-refractivity contribution in [2.45, 2.75) is 24.9 Å². The lowest BCUT2D eigenvalue weighted by Crippen LogP contribution is -2.25. The molecule has 7 nitrogen and oxygen atoms in total. The summed E-state index contributed by atoms with van der Waals surface area (Å²) < 4.78 is 5.86. The molecule has 1 atom stereocenters. The van der Waals surface area contributed by atoms with E-state index in [4.69, 9.17) is 21.3 Å². The number of fused-ring (bicyclic) bond motifs is 3. The average Bonchev–Trinajstić information content (AvgIpc) is 3.43. The molecule has 6 rings (SSSR count). The van der Waals surface area contributed by atoms with Gasteiger partial charge in [-0.3, -0.25) is 0 Å². The molecule has 34 heavy (non-hydrogen) atoms. The van der Waals surface area contributed by atoms with E-state index in [0.29, 0.717) is 45.1 Å². The number of hydrogen-bond acceptors (Lipinski definition) is 5. The van der Waals surface area contributed by atoms with Crippen molar-refractivity contribution in [1.29, 1.82) is 0 Å². The number of imidazole rings is 1. The van der Waals surface area contributed by atoms with Crippen molar-refractivity contribution < 1.29 is 14.9 Å². The monoisotopic (exact) mass is 474 g/mol. The number of aliphatic hydroxyl groups is 2. The summed E-state index contributed by atoms with van der Waals surface area (Å²) in [5, 5.41) is 21.8. The molecule has 0 bridgehead atoms. The number of pyridine rings is 1. The lowest BCUT2D eigenvalue weighted by Gasteiger charge is -2.32. The summed E-state index contributed by atoms with van der Waals surface area (Å²) in [5.41, 5.74) is 3.47. The van der Waals surface area contributed by atoms with Gasteiger partial charge in [0.25, 0.3) is 0 Å². The number of rotatable bonds is 6. The van der Waals surface area contributed by atoms with Gasteiger partial charge in [-0.15, -0.1) is 0 Å². The number of benzene rings is 2. The third kappa shape index (κ3) is 3.62. The second kappa shape index (κ2) is 8.43. The number of halogens is 1. The highest BCUT2D eigenvalue weighted by molar-refractivity contribution is 6.31. The van der Waals surface area contributed by atoms with E-state index in [-0.39, 0.29) is 6.61 Å². The van der Waals surface area contributed by atoms with Gasteiger partial charge in [0, 0.05) is 29.8 Å². The van der Waals surface area contributed by atoms with Gasteiger partial charge in [-0.05, 0) is 43.0 Å². The molecule has 8 heteroatoms. The first-order valence-electron chi connectivity index (χ1n) is 11.3. The molecule has 0 amide bonds. The molecule has 0 radical (unpaired) electrons. The van der Waals surface area contributed by atoms with Gasteiger partial charge < -0.3 is 24.9 Å². The van der Waals surface area contributed by atoms with E-state index in [2.05, 4.69) is 15.0 Å². The number of nitrogens with one attached hydrogen (secondary N) is 2. The molecule has 1 aliphatic carbocycles. The molecular formula is C26H23ClN4O3. The fourth-order valence-electron chi connectivity index (χ4n) is 4.70. The summed E-state index contributed by atoms with van der Waals surface area (Å²) in [6, 6.07) is 14.7. The zero-order valence-corrected chi connectivity index (χ0v) is 19.0.